The maximum atomic E-state index is 3.67. The van der Waals surface area contributed by atoms with Gasteiger partial charge in [-0.15, -0.1) is 0 Å². The number of hydrogen-bond acceptors (Lipinski definition) is 1. The molecule has 0 radical (unpaired) electrons. The lowest BCUT2D eigenvalue weighted by Crippen LogP contribution is -2.31. The lowest BCUT2D eigenvalue weighted by atomic mass is 9.87. The van der Waals surface area contributed by atoms with Gasteiger partial charge in [0, 0.05) is 6.54 Å². The zero-order valence-electron chi connectivity index (χ0n) is 10.8. The first-order valence-corrected chi connectivity index (χ1v) is 6.79. The molecular formula is C17H19N. The molecule has 0 aromatic heterocycles. The van der Waals surface area contributed by atoms with E-state index in [4.69, 9.17) is 0 Å². The first-order valence-electron chi connectivity index (χ1n) is 6.79. The standard InChI is InChI=1S/C17H19N/c1-2-13-7-3-5-9-15(13)17-16-10-6-4-8-14(16)11-12-18-17/h3-10,17-18H,2,11-12H2,1H3. The number of nitrogens with one attached hydrogen (secondary N) is 1. The van der Waals surface area contributed by atoms with Crippen LogP contribution >= 0.6 is 0 Å². The average Bonchev–Trinajstić information content (AvgIpc) is 2.46. The Balaban J connectivity index is 2.08. The molecule has 1 nitrogen and oxygen atoms in total. The van der Waals surface area contributed by atoms with Crippen LogP contribution in [0.3, 0.4) is 0 Å². The van der Waals surface area contributed by atoms with E-state index in [2.05, 4.69) is 60.8 Å². The molecule has 1 heteroatoms. The van der Waals surface area contributed by atoms with E-state index in [0.29, 0.717) is 6.04 Å². The summed E-state index contributed by atoms with van der Waals surface area (Å²) in [5, 5.41) is 3.67. The number of aryl methyl sites for hydroxylation is 1. The maximum absolute atomic E-state index is 3.67. The van der Waals surface area contributed by atoms with Gasteiger partial charge in [0.1, 0.15) is 0 Å². The molecule has 18 heavy (non-hydrogen) atoms. The quantitative estimate of drug-likeness (QED) is 0.843. The predicted octanol–water partition coefficient (Wildman–Crippen LogP) is 3.48. The molecule has 1 aliphatic rings. The summed E-state index contributed by atoms with van der Waals surface area (Å²) in [5.74, 6) is 0. The first-order chi connectivity index (χ1) is 8.90. The second-order valence-electron chi connectivity index (χ2n) is 4.89. The van der Waals surface area contributed by atoms with Crippen molar-refractivity contribution in [2.24, 2.45) is 0 Å². The van der Waals surface area contributed by atoms with Crippen LogP contribution < -0.4 is 5.32 Å². The van der Waals surface area contributed by atoms with E-state index in [9.17, 15) is 0 Å². The van der Waals surface area contributed by atoms with Gasteiger partial charge < -0.3 is 5.32 Å². The zero-order chi connectivity index (χ0) is 12.4. The van der Waals surface area contributed by atoms with Crippen LogP contribution in [0.15, 0.2) is 48.5 Å². The van der Waals surface area contributed by atoms with Crippen molar-refractivity contribution in [1.29, 1.82) is 0 Å². The minimum absolute atomic E-state index is 0.367. The Labute approximate surface area is 109 Å². The van der Waals surface area contributed by atoms with Crippen LogP contribution in [0.25, 0.3) is 0 Å². The van der Waals surface area contributed by atoms with Gasteiger partial charge in [-0.3, -0.25) is 0 Å². The molecule has 1 aliphatic heterocycles. The Kier molecular flexibility index (Phi) is 3.16. The van der Waals surface area contributed by atoms with Crippen LogP contribution in [0.5, 0.6) is 0 Å². The zero-order valence-corrected chi connectivity index (χ0v) is 10.8. The molecule has 2 aromatic carbocycles. The van der Waals surface area contributed by atoms with Crippen molar-refractivity contribution in [1.82, 2.24) is 5.32 Å². The first kappa shape index (κ1) is 11.5. The fourth-order valence-corrected chi connectivity index (χ4v) is 2.92. The maximum Gasteiger partial charge on any atom is 0.0582 e. The van der Waals surface area contributed by atoms with Gasteiger partial charge in [0.2, 0.25) is 0 Å². The number of fused-ring (bicyclic) bond motifs is 1. The van der Waals surface area contributed by atoms with Crippen molar-refractivity contribution < 1.29 is 0 Å². The molecule has 92 valence electrons. The largest absolute Gasteiger partial charge is 0.306 e. The topological polar surface area (TPSA) is 12.0 Å². The third kappa shape index (κ3) is 1.95. The Hall–Kier alpha value is -1.60. The number of rotatable bonds is 2. The van der Waals surface area contributed by atoms with Gasteiger partial charge >= 0.3 is 0 Å². The Bertz CT molecular complexity index is 545. The van der Waals surface area contributed by atoms with Crippen LogP contribution in [0.1, 0.15) is 35.2 Å². The third-order valence-corrected chi connectivity index (χ3v) is 3.86. The lowest BCUT2D eigenvalue weighted by molar-refractivity contribution is 0.564. The molecular weight excluding hydrogens is 218 g/mol. The summed E-state index contributed by atoms with van der Waals surface area (Å²) >= 11 is 0. The molecule has 3 rings (SSSR count). The Morgan fingerprint density at radius 2 is 1.72 bits per heavy atom. The monoisotopic (exact) mass is 237 g/mol. The summed E-state index contributed by atoms with van der Waals surface area (Å²) in [6.45, 7) is 3.30. The molecule has 0 saturated carbocycles. The number of hydrogen-bond donors (Lipinski definition) is 1. The Morgan fingerprint density at radius 1 is 1.00 bits per heavy atom. The van der Waals surface area contributed by atoms with Crippen molar-refractivity contribution in [2.45, 2.75) is 25.8 Å². The summed E-state index contributed by atoms with van der Waals surface area (Å²) < 4.78 is 0. The molecule has 1 unspecified atom stereocenters. The molecule has 1 heterocycles. The van der Waals surface area contributed by atoms with E-state index < -0.39 is 0 Å². The molecule has 0 fully saturated rings. The van der Waals surface area contributed by atoms with Crippen LogP contribution in [-0.2, 0) is 12.8 Å². The van der Waals surface area contributed by atoms with Gasteiger partial charge in [-0.25, -0.2) is 0 Å². The van der Waals surface area contributed by atoms with E-state index in [-0.39, 0.29) is 0 Å². The molecule has 0 spiro atoms. The van der Waals surface area contributed by atoms with Gasteiger partial charge in [-0.05, 0) is 35.1 Å². The predicted molar refractivity (Wildman–Crippen MR) is 75.8 cm³/mol. The highest BCUT2D eigenvalue weighted by atomic mass is 14.9. The molecule has 0 amide bonds. The van der Waals surface area contributed by atoms with Gasteiger partial charge in [0.25, 0.3) is 0 Å². The number of benzene rings is 2. The summed E-state index contributed by atoms with van der Waals surface area (Å²) in [5.41, 5.74) is 5.83. The fourth-order valence-electron chi connectivity index (χ4n) is 2.92. The second kappa shape index (κ2) is 4.95. The van der Waals surface area contributed by atoms with E-state index in [1.54, 1.807) is 0 Å². The van der Waals surface area contributed by atoms with Gasteiger partial charge in [-0.2, -0.15) is 0 Å². The van der Waals surface area contributed by atoms with Crippen LogP contribution in [0, 0.1) is 0 Å². The second-order valence-corrected chi connectivity index (χ2v) is 4.89. The fraction of sp³-hybridized carbons (Fsp3) is 0.294. The van der Waals surface area contributed by atoms with Gasteiger partial charge in [0.05, 0.1) is 6.04 Å². The molecule has 0 saturated heterocycles. The third-order valence-electron chi connectivity index (χ3n) is 3.86. The van der Waals surface area contributed by atoms with E-state index in [1.807, 2.05) is 0 Å². The summed E-state index contributed by atoms with van der Waals surface area (Å²) in [7, 11) is 0. The van der Waals surface area contributed by atoms with Crippen LogP contribution in [0.4, 0.5) is 0 Å². The van der Waals surface area contributed by atoms with Gasteiger partial charge in [-0.1, -0.05) is 55.5 Å². The molecule has 0 aliphatic carbocycles. The van der Waals surface area contributed by atoms with E-state index in [1.165, 1.54) is 22.3 Å². The summed E-state index contributed by atoms with van der Waals surface area (Å²) in [6, 6.07) is 18.0. The highest BCUT2D eigenvalue weighted by Crippen LogP contribution is 2.30. The van der Waals surface area contributed by atoms with E-state index in [0.717, 1.165) is 19.4 Å². The van der Waals surface area contributed by atoms with E-state index >= 15 is 0 Å². The molecule has 2 aromatic rings. The van der Waals surface area contributed by atoms with Crippen LogP contribution in [-0.4, -0.2) is 6.54 Å². The SMILES string of the molecule is CCc1ccccc1C1NCCc2ccccc21. The molecule has 1 N–H and O–H groups in total. The van der Waals surface area contributed by atoms with Crippen molar-refractivity contribution in [3.05, 3.63) is 70.8 Å². The minimum Gasteiger partial charge on any atom is -0.306 e. The van der Waals surface area contributed by atoms with Gasteiger partial charge in [0.15, 0.2) is 0 Å². The minimum atomic E-state index is 0.367. The summed E-state index contributed by atoms with van der Waals surface area (Å²) in [6.07, 6.45) is 2.23. The Morgan fingerprint density at radius 3 is 2.56 bits per heavy atom. The molecule has 1 atom stereocenters. The summed E-state index contributed by atoms with van der Waals surface area (Å²) in [4.78, 5) is 0. The smallest absolute Gasteiger partial charge is 0.0582 e. The van der Waals surface area contributed by atoms with Crippen LogP contribution in [0.2, 0.25) is 0 Å². The highest BCUT2D eigenvalue weighted by Gasteiger charge is 2.21. The van der Waals surface area contributed by atoms with Crippen molar-refractivity contribution >= 4 is 0 Å². The lowest BCUT2D eigenvalue weighted by Gasteiger charge is -2.28. The average molecular weight is 237 g/mol. The van der Waals surface area contributed by atoms with Crippen molar-refractivity contribution in [3.63, 3.8) is 0 Å². The normalized spacial score (nSPS) is 18.4. The van der Waals surface area contributed by atoms with Crippen molar-refractivity contribution in [3.8, 4) is 0 Å². The highest BCUT2D eigenvalue weighted by molar-refractivity contribution is 5.42. The molecule has 0 bridgehead atoms. The van der Waals surface area contributed by atoms with Crippen molar-refractivity contribution in [2.75, 3.05) is 6.54 Å².